The highest BCUT2D eigenvalue weighted by molar-refractivity contribution is 5.87. The fourth-order valence-electron chi connectivity index (χ4n) is 3.05. The molecule has 12 heavy (non-hydrogen) atoms. The predicted octanol–water partition coefficient (Wildman–Crippen LogP) is 1.23. The number of hydrogen-bond acceptors (Lipinski definition) is 2. The smallest absolute Gasteiger partial charge is 0.164 e. The van der Waals surface area contributed by atoms with E-state index in [1.54, 1.807) is 0 Å². The first-order valence-corrected chi connectivity index (χ1v) is 4.68. The number of carbonyl (C=O) groups is 1. The van der Waals surface area contributed by atoms with Crippen LogP contribution in [0.25, 0.3) is 0 Å². The van der Waals surface area contributed by atoms with E-state index in [2.05, 4.69) is 13.8 Å². The van der Waals surface area contributed by atoms with Crippen LogP contribution in [0.5, 0.6) is 0 Å². The van der Waals surface area contributed by atoms with Crippen molar-refractivity contribution in [2.45, 2.75) is 33.3 Å². The molecular weight excluding hydrogens is 152 g/mol. The van der Waals surface area contributed by atoms with Crippen LogP contribution in [0.2, 0.25) is 0 Å². The van der Waals surface area contributed by atoms with E-state index in [4.69, 9.17) is 0 Å². The van der Waals surface area contributed by atoms with E-state index in [1.165, 1.54) is 0 Å². The fraction of sp³-hybridized carbons (Fsp3) is 0.900. The molecule has 3 saturated carbocycles. The van der Waals surface area contributed by atoms with Crippen molar-refractivity contribution in [1.82, 2.24) is 0 Å². The lowest BCUT2D eigenvalue weighted by atomic mass is 9.44. The van der Waals surface area contributed by atoms with Crippen LogP contribution in [0, 0.1) is 23.2 Å². The Morgan fingerprint density at radius 1 is 1.42 bits per heavy atom. The van der Waals surface area contributed by atoms with E-state index in [0.717, 1.165) is 6.42 Å². The summed E-state index contributed by atoms with van der Waals surface area (Å²) < 4.78 is 0. The number of carbonyl (C=O) groups excluding carboxylic acids is 1. The number of fused-ring (bicyclic) bond motifs is 2. The molecule has 0 amide bonds. The van der Waals surface area contributed by atoms with Gasteiger partial charge < -0.3 is 5.11 Å². The second kappa shape index (κ2) is 2.11. The van der Waals surface area contributed by atoms with E-state index >= 15 is 0 Å². The molecule has 2 bridgehead atoms. The Kier molecular flexibility index (Phi) is 1.45. The van der Waals surface area contributed by atoms with Crippen molar-refractivity contribution in [2.75, 3.05) is 0 Å². The summed E-state index contributed by atoms with van der Waals surface area (Å²) in [4.78, 5) is 11.4. The summed E-state index contributed by atoms with van der Waals surface area (Å²) in [5, 5.41) is 9.64. The molecule has 0 spiro atoms. The van der Waals surface area contributed by atoms with E-state index in [1.807, 2.05) is 6.92 Å². The Morgan fingerprint density at radius 2 is 2.00 bits per heavy atom. The summed E-state index contributed by atoms with van der Waals surface area (Å²) in [6.07, 6.45) is 0.362. The largest absolute Gasteiger partial charge is 0.385 e. The fourth-order valence-corrected chi connectivity index (χ4v) is 3.05. The number of rotatable bonds is 0. The number of Topliss-reactive ketones (excluding diaryl/α,β-unsaturated/α-hetero) is 1. The molecule has 3 aliphatic rings. The lowest BCUT2D eigenvalue weighted by Gasteiger charge is -2.60. The van der Waals surface area contributed by atoms with Crippen LogP contribution in [-0.2, 0) is 4.79 Å². The molecule has 0 radical (unpaired) electrons. The van der Waals surface area contributed by atoms with Crippen molar-refractivity contribution in [3.05, 3.63) is 0 Å². The average Bonchev–Trinajstić information content (AvgIpc) is 1.98. The van der Waals surface area contributed by atoms with Gasteiger partial charge in [-0.3, -0.25) is 4.79 Å². The van der Waals surface area contributed by atoms with Crippen LogP contribution in [0.1, 0.15) is 27.2 Å². The molecular formula is C10H16O2. The third-order valence-electron chi connectivity index (χ3n) is 4.14. The normalized spacial score (nSPS) is 50.2. The van der Waals surface area contributed by atoms with Crippen LogP contribution in [-0.4, -0.2) is 17.0 Å². The molecule has 0 aromatic heterocycles. The van der Waals surface area contributed by atoms with Gasteiger partial charge in [-0.05, 0) is 23.7 Å². The highest BCUT2D eigenvalue weighted by Gasteiger charge is 2.60. The molecule has 3 rings (SSSR count). The Labute approximate surface area is 73.0 Å². The first-order valence-electron chi connectivity index (χ1n) is 4.68. The van der Waals surface area contributed by atoms with Gasteiger partial charge >= 0.3 is 0 Å². The molecule has 4 atom stereocenters. The van der Waals surface area contributed by atoms with Gasteiger partial charge in [-0.25, -0.2) is 0 Å². The van der Waals surface area contributed by atoms with Gasteiger partial charge in [-0.15, -0.1) is 0 Å². The molecule has 2 heteroatoms. The van der Waals surface area contributed by atoms with Crippen molar-refractivity contribution in [2.24, 2.45) is 23.2 Å². The van der Waals surface area contributed by atoms with Gasteiger partial charge in [0.15, 0.2) is 5.78 Å². The lowest BCUT2D eigenvalue weighted by Crippen LogP contribution is -2.62. The van der Waals surface area contributed by atoms with Gasteiger partial charge in [-0.2, -0.15) is 0 Å². The molecule has 0 saturated heterocycles. The van der Waals surface area contributed by atoms with Gasteiger partial charge in [0, 0.05) is 5.92 Å². The molecule has 2 nitrogen and oxygen atoms in total. The monoisotopic (exact) mass is 168 g/mol. The highest BCUT2D eigenvalue weighted by atomic mass is 16.3. The minimum absolute atomic E-state index is 0.0653. The van der Waals surface area contributed by atoms with Crippen molar-refractivity contribution in [3.63, 3.8) is 0 Å². The third-order valence-corrected chi connectivity index (χ3v) is 4.14. The molecule has 0 unspecified atom stereocenters. The second-order valence-corrected chi connectivity index (χ2v) is 4.91. The van der Waals surface area contributed by atoms with Crippen LogP contribution >= 0.6 is 0 Å². The summed E-state index contributed by atoms with van der Waals surface area (Å²) in [5.41, 5.74) is 0.187. The molecule has 0 aromatic rings. The lowest BCUT2D eigenvalue weighted by molar-refractivity contribution is -0.182. The van der Waals surface area contributed by atoms with Gasteiger partial charge in [-0.1, -0.05) is 20.8 Å². The molecule has 0 heterocycles. The zero-order valence-electron chi connectivity index (χ0n) is 7.87. The predicted molar refractivity (Wildman–Crippen MR) is 45.6 cm³/mol. The topological polar surface area (TPSA) is 37.3 Å². The zero-order chi connectivity index (χ0) is 9.09. The number of aliphatic hydroxyl groups is 1. The van der Waals surface area contributed by atoms with Crippen LogP contribution in [0.15, 0.2) is 0 Å². The Hall–Kier alpha value is -0.370. The summed E-state index contributed by atoms with van der Waals surface area (Å²) in [5.74, 6) is 0.875. The molecule has 68 valence electrons. The van der Waals surface area contributed by atoms with Crippen LogP contribution < -0.4 is 0 Å². The van der Waals surface area contributed by atoms with Crippen molar-refractivity contribution in [1.29, 1.82) is 0 Å². The molecule has 3 fully saturated rings. The van der Waals surface area contributed by atoms with Gasteiger partial charge in [0.2, 0.25) is 0 Å². The number of ketones is 1. The summed E-state index contributed by atoms with van der Waals surface area (Å²) in [6, 6.07) is 0. The van der Waals surface area contributed by atoms with Crippen LogP contribution in [0.4, 0.5) is 0 Å². The standard InChI is InChI=1S/C10H16O2/c1-5-6-4-7(10(6,2)3)9(12)8(5)11/h5-7,9,12H,4H2,1-3H3/t5-,6+,7-,9-/m0/s1. The summed E-state index contributed by atoms with van der Waals surface area (Å²) in [7, 11) is 0. The summed E-state index contributed by atoms with van der Waals surface area (Å²) in [6.45, 7) is 6.28. The van der Waals surface area contributed by atoms with E-state index in [-0.39, 0.29) is 23.0 Å². The van der Waals surface area contributed by atoms with Crippen molar-refractivity contribution < 1.29 is 9.90 Å². The van der Waals surface area contributed by atoms with Crippen LogP contribution in [0.3, 0.4) is 0 Å². The third kappa shape index (κ3) is 0.717. The molecule has 3 aliphatic carbocycles. The maximum Gasteiger partial charge on any atom is 0.164 e. The Bertz CT molecular complexity index is 212. The van der Waals surface area contributed by atoms with Crippen molar-refractivity contribution in [3.8, 4) is 0 Å². The van der Waals surface area contributed by atoms with Gasteiger partial charge in [0.25, 0.3) is 0 Å². The maximum atomic E-state index is 11.4. The van der Waals surface area contributed by atoms with Crippen molar-refractivity contribution >= 4 is 5.78 Å². The zero-order valence-corrected chi connectivity index (χ0v) is 7.87. The SMILES string of the molecule is C[C@@H]1C(=O)[C@@H](O)[C@@H]2C[C@H]1C2(C)C. The number of hydrogen-bond donors (Lipinski definition) is 1. The highest BCUT2D eigenvalue weighted by Crippen LogP contribution is 2.59. The first-order chi connectivity index (χ1) is 5.46. The molecule has 0 aromatic carbocycles. The minimum Gasteiger partial charge on any atom is -0.385 e. The summed E-state index contributed by atoms with van der Waals surface area (Å²) >= 11 is 0. The molecule has 1 N–H and O–H groups in total. The minimum atomic E-state index is -0.681. The Balaban J connectivity index is 2.30. The first kappa shape index (κ1) is 8.24. The van der Waals surface area contributed by atoms with E-state index in [0.29, 0.717) is 5.92 Å². The van der Waals surface area contributed by atoms with E-state index in [9.17, 15) is 9.90 Å². The molecule has 0 aliphatic heterocycles. The quantitative estimate of drug-likeness (QED) is 0.590. The maximum absolute atomic E-state index is 11.4. The second-order valence-electron chi connectivity index (χ2n) is 4.91. The Morgan fingerprint density at radius 3 is 2.42 bits per heavy atom. The number of aliphatic hydroxyl groups excluding tert-OH is 1. The average molecular weight is 168 g/mol. The van der Waals surface area contributed by atoms with E-state index < -0.39 is 6.10 Å². The van der Waals surface area contributed by atoms with Gasteiger partial charge in [0.1, 0.15) is 6.10 Å². The van der Waals surface area contributed by atoms with Gasteiger partial charge in [0.05, 0.1) is 0 Å².